The highest BCUT2D eigenvalue weighted by Gasteiger charge is 2.23. The van der Waals surface area contributed by atoms with Crippen molar-refractivity contribution in [3.63, 3.8) is 0 Å². The first-order chi connectivity index (χ1) is 15.7. The quantitative estimate of drug-likeness (QED) is 0.354. The van der Waals surface area contributed by atoms with Gasteiger partial charge in [-0.1, -0.05) is 18.7 Å². The molecule has 0 saturated carbocycles. The van der Waals surface area contributed by atoms with Gasteiger partial charge in [-0.15, -0.1) is 10.2 Å². The van der Waals surface area contributed by atoms with Gasteiger partial charge in [0.15, 0.2) is 10.9 Å². The number of piperidine rings is 1. The number of aromatic nitrogens is 4. The Bertz CT molecular complexity index is 1150. The molecule has 9 heteroatoms. The Kier molecular flexibility index (Phi) is 5.98. The van der Waals surface area contributed by atoms with Gasteiger partial charge in [-0.3, -0.25) is 4.57 Å². The summed E-state index contributed by atoms with van der Waals surface area (Å²) in [6.45, 7) is 4.81. The fourth-order valence-corrected chi connectivity index (χ4v) is 4.56. The molecule has 7 nitrogen and oxygen atoms in total. The Hall–Kier alpha value is -3.07. The van der Waals surface area contributed by atoms with Crippen molar-refractivity contribution in [3.8, 4) is 11.3 Å². The first-order valence-corrected chi connectivity index (χ1v) is 11.7. The fraction of sp³-hybridized carbons (Fsp3) is 0.348. The van der Waals surface area contributed by atoms with Crippen molar-refractivity contribution >= 4 is 17.7 Å². The summed E-state index contributed by atoms with van der Waals surface area (Å²) in [5.74, 6) is 3.88. The van der Waals surface area contributed by atoms with E-state index in [-0.39, 0.29) is 5.82 Å². The smallest absolute Gasteiger partial charge is 0.228 e. The van der Waals surface area contributed by atoms with Gasteiger partial charge in [0.05, 0.1) is 24.8 Å². The van der Waals surface area contributed by atoms with Crippen LogP contribution in [-0.2, 0) is 12.3 Å². The van der Waals surface area contributed by atoms with Crippen LogP contribution < -0.4 is 4.90 Å². The normalized spacial score (nSPS) is 14.9. The molecule has 0 bridgehead atoms. The lowest BCUT2D eigenvalue weighted by Gasteiger charge is -2.31. The van der Waals surface area contributed by atoms with Crippen LogP contribution in [-0.4, -0.2) is 32.8 Å². The number of oxazole rings is 1. The number of anilines is 1. The van der Waals surface area contributed by atoms with E-state index in [1.165, 1.54) is 23.9 Å². The minimum Gasteiger partial charge on any atom is -0.467 e. The zero-order valence-electron chi connectivity index (χ0n) is 17.8. The molecule has 0 amide bonds. The minimum absolute atomic E-state index is 0.279. The van der Waals surface area contributed by atoms with E-state index < -0.39 is 0 Å². The van der Waals surface area contributed by atoms with E-state index in [0.717, 1.165) is 54.3 Å². The number of hydrogen-bond acceptors (Lipinski definition) is 7. The second kappa shape index (κ2) is 9.20. The van der Waals surface area contributed by atoms with Gasteiger partial charge in [-0.2, -0.15) is 0 Å². The molecular formula is C23H24FN5O2S. The van der Waals surface area contributed by atoms with Crippen molar-refractivity contribution in [2.45, 2.75) is 37.2 Å². The lowest BCUT2D eigenvalue weighted by molar-refractivity contribution is 0.427. The SMILES string of the molecule is CC1CCN(c2nnc(SCc3ncc(-c4ccc(F)cc4)o3)n2Cc2ccco2)CC1. The molecule has 1 aromatic carbocycles. The molecule has 166 valence electrons. The molecule has 3 aromatic heterocycles. The third kappa shape index (κ3) is 4.57. The molecule has 4 aromatic rings. The van der Waals surface area contributed by atoms with Crippen molar-refractivity contribution in [3.05, 3.63) is 66.3 Å². The van der Waals surface area contributed by atoms with E-state index in [4.69, 9.17) is 8.83 Å². The molecule has 0 N–H and O–H groups in total. The molecule has 1 fully saturated rings. The van der Waals surface area contributed by atoms with E-state index in [2.05, 4.69) is 31.6 Å². The highest BCUT2D eigenvalue weighted by atomic mass is 32.2. The molecule has 4 heterocycles. The highest BCUT2D eigenvalue weighted by Crippen LogP contribution is 2.30. The number of thioether (sulfide) groups is 1. The molecule has 0 aliphatic carbocycles. The summed E-state index contributed by atoms with van der Waals surface area (Å²) in [5, 5.41) is 9.76. The molecule has 5 rings (SSSR count). The zero-order valence-corrected chi connectivity index (χ0v) is 18.6. The van der Waals surface area contributed by atoms with E-state index in [1.807, 2.05) is 12.1 Å². The van der Waals surface area contributed by atoms with Gasteiger partial charge in [0.2, 0.25) is 11.8 Å². The molecule has 0 unspecified atom stereocenters. The molecule has 1 aliphatic rings. The van der Waals surface area contributed by atoms with Crippen LogP contribution in [0.25, 0.3) is 11.3 Å². The molecule has 1 aliphatic heterocycles. The molecule has 0 spiro atoms. The first-order valence-electron chi connectivity index (χ1n) is 10.7. The van der Waals surface area contributed by atoms with Crippen molar-refractivity contribution in [2.75, 3.05) is 18.0 Å². The van der Waals surface area contributed by atoms with Crippen LogP contribution in [0.5, 0.6) is 0 Å². The van der Waals surface area contributed by atoms with Gasteiger partial charge in [0.1, 0.15) is 11.6 Å². The van der Waals surface area contributed by atoms with Crippen molar-refractivity contribution < 1.29 is 13.2 Å². The maximum Gasteiger partial charge on any atom is 0.228 e. The molecular weight excluding hydrogens is 429 g/mol. The summed E-state index contributed by atoms with van der Waals surface area (Å²) in [6.07, 6.45) is 5.65. The lowest BCUT2D eigenvalue weighted by Crippen LogP contribution is -2.35. The van der Waals surface area contributed by atoms with Gasteiger partial charge in [0.25, 0.3) is 0 Å². The van der Waals surface area contributed by atoms with Crippen LogP contribution >= 0.6 is 11.8 Å². The van der Waals surface area contributed by atoms with Crippen LogP contribution in [0.3, 0.4) is 0 Å². The zero-order chi connectivity index (χ0) is 21.9. The average molecular weight is 454 g/mol. The Morgan fingerprint density at radius 1 is 1.12 bits per heavy atom. The van der Waals surface area contributed by atoms with Crippen molar-refractivity contribution in [1.82, 2.24) is 19.7 Å². The Balaban J connectivity index is 1.33. The van der Waals surface area contributed by atoms with Gasteiger partial charge >= 0.3 is 0 Å². The number of hydrogen-bond donors (Lipinski definition) is 0. The fourth-order valence-electron chi connectivity index (χ4n) is 3.78. The Morgan fingerprint density at radius 3 is 2.69 bits per heavy atom. The third-order valence-corrected chi connectivity index (χ3v) is 6.62. The minimum atomic E-state index is -0.279. The van der Waals surface area contributed by atoms with Crippen LogP contribution in [0.1, 0.15) is 31.4 Å². The first kappa shape index (κ1) is 20.8. The summed E-state index contributed by atoms with van der Waals surface area (Å²) < 4.78 is 26.7. The predicted molar refractivity (Wildman–Crippen MR) is 120 cm³/mol. The predicted octanol–water partition coefficient (Wildman–Crippen LogP) is 5.24. The second-order valence-electron chi connectivity index (χ2n) is 8.03. The standard InChI is InChI=1S/C23H24FN5O2S/c1-16-8-10-28(11-9-16)22-26-27-23(29(22)14-19-3-2-12-30-19)32-15-21-25-13-20(31-21)17-4-6-18(24)7-5-17/h2-7,12-13,16H,8-11,14-15H2,1H3. The van der Waals surface area contributed by atoms with Crippen LogP contribution in [0.4, 0.5) is 10.3 Å². The van der Waals surface area contributed by atoms with Gasteiger partial charge in [-0.05, 0) is 55.2 Å². The van der Waals surface area contributed by atoms with E-state index in [9.17, 15) is 4.39 Å². The third-order valence-electron chi connectivity index (χ3n) is 5.66. The number of halogens is 1. The average Bonchev–Trinajstić information content (AvgIpc) is 3.56. The van der Waals surface area contributed by atoms with E-state index in [0.29, 0.717) is 23.9 Å². The lowest BCUT2D eigenvalue weighted by atomic mass is 10.00. The number of rotatable bonds is 7. The van der Waals surface area contributed by atoms with Gasteiger partial charge < -0.3 is 13.7 Å². The molecule has 32 heavy (non-hydrogen) atoms. The van der Waals surface area contributed by atoms with E-state index >= 15 is 0 Å². The number of furan rings is 1. The molecule has 0 atom stereocenters. The van der Waals surface area contributed by atoms with Crippen molar-refractivity contribution in [1.29, 1.82) is 0 Å². The Morgan fingerprint density at radius 2 is 1.94 bits per heavy atom. The summed E-state index contributed by atoms with van der Waals surface area (Å²) in [4.78, 5) is 6.68. The second-order valence-corrected chi connectivity index (χ2v) is 8.97. The summed E-state index contributed by atoms with van der Waals surface area (Å²) >= 11 is 1.52. The number of nitrogens with zero attached hydrogens (tertiary/aromatic N) is 5. The highest BCUT2D eigenvalue weighted by molar-refractivity contribution is 7.98. The van der Waals surface area contributed by atoms with Crippen LogP contribution in [0.15, 0.2) is 62.8 Å². The van der Waals surface area contributed by atoms with Gasteiger partial charge in [-0.25, -0.2) is 9.37 Å². The topological polar surface area (TPSA) is 73.1 Å². The summed E-state index contributed by atoms with van der Waals surface area (Å²) in [7, 11) is 0. The summed E-state index contributed by atoms with van der Waals surface area (Å²) in [6, 6.07) is 10.0. The largest absolute Gasteiger partial charge is 0.467 e. The van der Waals surface area contributed by atoms with Crippen molar-refractivity contribution in [2.24, 2.45) is 5.92 Å². The molecule has 0 radical (unpaired) electrons. The van der Waals surface area contributed by atoms with Crippen LogP contribution in [0.2, 0.25) is 0 Å². The van der Waals surface area contributed by atoms with Gasteiger partial charge in [0, 0.05) is 18.7 Å². The monoisotopic (exact) mass is 453 g/mol. The number of benzene rings is 1. The van der Waals surface area contributed by atoms with E-state index in [1.54, 1.807) is 24.6 Å². The van der Waals surface area contributed by atoms with Crippen LogP contribution in [0, 0.1) is 11.7 Å². The maximum atomic E-state index is 13.2. The Labute approximate surface area is 189 Å². The summed E-state index contributed by atoms with van der Waals surface area (Å²) in [5.41, 5.74) is 0.790. The maximum absolute atomic E-state index is 13.2. The molecule has 1 saturated heterocycles.